The van der Waals surface area contributed by atoms with Crippen LogP contribution in [0.4, 0.5) is 0 Å². The highest BCUT2D eigenvalue weighted by Crippen LogP contribution is 2.30. The second-order valence-corrected chi connectivity index (χ2v) is 4.20. The Hall–Kier alpha value is -1.81. The second kappa shape index (κ2) is 4.22. The summed E-state index contributed by atoms with van der Waals surface area (Å²) in [6, 6.07) is 4.81. The third-order valence-electron chi connectivity index (χ3n) is 2.79. The summed E-state index contributed by atoms with van der Waals surface area (Å²) < 4.78 is 5.50. The van der Waals surface area contributed by atoms with E-state index in [2.05, 4.69) is 0 Å². The summed E-state index contributed by atoms with van der Waals surface area (Å²) in [7, 11) is 0. The van der Waals surface area contributed by atoms with Crippen molar-refractivity contribution in [3.05, 3.63) is 29.5 Å². The summed E-state index contributed by atoms with van der Waals surface area (Å²) in [5, 5.41) is 19.5. The first-order chi connectivity index (χ1) is 8.02. The van der Waals surface area contributed by atoms with Crippen molar-refractivity contribution >= 4 is 16.8 Å². The molecule has 0 radical (unpaired) electrons. The molecule has 0 unspecified atom stereocenters. The average molecular weight is 234 g/mol. The highest BCUT2D eigenvalue weighted by atomic mass is 16.3. The number of aliphatic hydroxyl groups is 1. The van der Waals surface area contributed by atoms with Gasteiger partial charge < -0.3 is 14.6 Å². The fourth-order valence-electron chi connectivity index (χ4n) is 1.71. The van der Waals surface area contributed by atoms with Crippen LogP contribution in [0.5, 0.6) is 5.75 Å². The summed E-state index contributed by atoms with van der Waals surface area (Å²) in [4.78, 5) is 11.3. The van der Waals surface area contributed by atoms with Crippen molar-refractivity contribution in [2.45, 2.75) is 19.8 Å². The molecular formula is C13H14O4. The molecule has 90 valence electrons. The monoisotopic (exact) mass is 234 g/mol. The van der Waals surface area contributed by atoms with E-state index < -0.39 is 0 Å². The van der Waals surface area contributed by atoms with Crippen LogP contribution in [-0.2, 0) is 0 Å². The molecule has 17 heavy (non-hydrogen) atoms. The van der Waals surface area contributed by atoms with Crippen LogP contribution in [0.2, 0.25) is 0 Å². The van der Waals surface area contributed by atoms with Gasteiger partial charge >= 0.3 is 0 Å². The van der Waals surface area contributed by atoms with Gasteiger partial charge in [-0.1, -0.05) is 6.92 Å². The fraction of sp³-hybridized carbons (Fsp3) is 0.308. The van der Waals surface area contributed by atoms with E-state index in [9.17, 15) is 9.90 Å². The van der Waals surface area contributed by atoms with E-state index in [1.807, 2.05) is 6.92 Å². The predicted octanol–water partition coefficient (Wildman–Crippen LogP) is 2.44. The fourth-order valence-corrected chi connectivity index (χ4v) is 1.71. The molecule has 2 aromatic rings. The van der Waals surface area contributed by atoms with Gasteiger partial charge in [-0.15, -0.1) is 0 Å². The van der Waals surface area contributed by atoms with Crippen molar-refractivity contribution in [3.63, 3.8) is 0 Å². The topological polar surface area (TPSA) is 70.7 Å². The Labute approximate surface area is 98.5 Å². The number of aliphatic hydroxyl groups excluding tert-OH is 1. The SMILES string of the molecule is CC(=O)c1cc2cc([C@H](C)CO)oc2cc1O. The highest BCUT2D eigenvalue weighted by molar-refractivity contribution is 6.00. The maximum Gasteiger partial charge on any atom is 0.163 e. The van der Waals surface area contributed by atoms with Gasteiger partial charge in [0.05, 0.1) is 12.2 Å². The molecule has 0 saturated heterocycles. The molecule has 4 nitrogen and oxygen atoms in total. The van der Waals surface area contributed by atoms with Gasteiger partial charge in [-0.25, -0.2) is 0 Å². The normalized spacial score (nSPS) is 12.9. The molecule has 1 aromatic heterocycles. The lowest BCUT2D eigenvalue weighted by Gasteiger charge is -2.01. The lowest BCUT2D eigenvalue weighted by Crippen LogP contribution is -1.95. The maximum absolute atomic E-state index is 11.3. The molecular weight excluding hydrogens is 220 g/mol. The van der Waals surface area contributed by atoms with Gasteiger partial charge in [-0.3, -0.25) is 4.79 Å². The minimum Gasteiger partial charge on any atom is -0.507 e. The number of hydrogen-bond donors (Lipinski definition) is 2. The van der Waals surface area contributed by atoms with Crippen LogP contribution in [0.25, 0.3) is 11.0 Å². The minimum absolute atomic E-state index is 0.00856. The molecule has 1 heterocycles. The Balaban J connectivity index is 2.58. The zero-order valence-electron chi connectivity index (χ0n) is 9.73. The van der Waals surface area contributed by atoms with E-state index in [1.165, 1.54) is 13.0 Å². The number of ketones is 1. The third kappa shape index (κ3) is 2.03. The number of carbonyl (C=O) groups excluding carboxylic acids is 1. The zero-order valence-corrected chi connectivity index (χ0v) is 9.73. The van der Waals surface area contributed by atoms with Gasteiger partial charge in [-0.2, -0.15) is 0 Å². The van der Waals surface area contributed by atoms with Crippen molar-refractivity contribution in [1.82, 2.24) is 0 Å². The van der Waals surface area contributed by atoms with Crippen LogP contribution >= 0.6 is 0 Å². The van der Waals surface area contributed by atoms with Crippen LogP contribution in [0.15, 0.2) is 22.6 Å². The predicted molar refractivity (Wildman–Crippen MR) is 63.4 cm³/mol. The molecule has 1 aromatic carbocycles. The van der Waals surface area contributed by atoms with E-state index in [-0.39, 0.29) is 29.6 Å². The molecule has 2 N–H and O–H groups in total. The van der Waals surface area contributed by atoms with Gasteiger partial charge in [0.15, 0.2) is 5.78 Å². The smallest absolute Gasteiger partial charge is 0.163 e. The van der Waals surface area contributed by atoms with Crippen molar-refractivity contribution in [2.75, 3.05) is 6.61 Å². The number of furan rings is 1. The molecule has 0 bridgehead atoms. The summed E-state index contributed by atoms with van der Waals surface area (Å²) in [6.45, 7) is 3.23. The Kier molecular flexibility index (Phi) is 2.90. The number of carbonyl (C=O) groups is 1. The molecule has 0 aliphatic carbocycles. The molecule has 0 spiro atoms. The van der Waals surface area contributed by atoms with Crippen molar-refractivity contribution in [3.8, 4) is 5.75 Å². The molecule has 4 heteroatoms. The first-order valence-corrected chi connectivity index (χ1v) is 5.41. The van der Waals surface area contributed by atoms with Crippen molar-refractivity contribution < 1.29 is 19.4 Å². The zero-order chi connectivity index (χ0) is 12.6. The minimum atomic E-state index is -0.192. The van der Waals surface area contributed by atoms with E-state index in [0.29, 0.717) is 11.3 Å². The Morgan fingerprint density at radius 1 is 1.41 bits per heavy atom. The maximum atomic E-state index is 11.3. The van der Waals surface area contributed by atoms with E-state index in [4.69, 9.17) is 9.52 Å². The van der Waals surface area contributed by atoms with Crippen LogP contribution in [0.3, 0.4) is 0 Å². The number of aromatic hydroxyl groups is 1. The Morgan fingerprint density at radius 3 is 2.71 bits per heavy atom. The Morgan fingerprint density at radius 2 is 2.12 bits per heavy atom. The summed E-state index contributed by atoms with van der Waals surface area (Å²) >= 11 is 0. The molecule has 0 amide bonds. The number of phenols is 1. The number of rotatable bonds is 3. The Bertz CT molecular complexity index is 568. The third-order valence-corrected chi connectivity index (χ3v) is 2.79. The summed E-state index contributed by atoms with van der Waals surface area (Å²) in [5.41, 5.74) is 0.796. The average Bonchev–Trinajstić information content (AvgIpc) is 2.69. The van der Waals surface area contributed by atoms with Crippen LogP contribution in [0.1, 0.15) is 35.9 Å². The number of hydrogen-bond acceptors (Lipinski definition) is 4. The molecule has 0 fully saturated rings. The van der Waals surface area contributed by atoms with Gasteiger partial charge in [0.1, 0.15) is 17.1 Å². The number of phenolic OH excluding ortho intramolecular Hbond substituents is 1. The molecule has 1 atom stereocenters. The van der Waals surface area contributed by atoms with Crippen LogP contribution in [0, 0.1) is 0 Å². The largest absolute Gasteiger partial charge is 0.507 e. The van der Waals surface area contributed by atoms with Gasteiger partial charge in [0.2, 0.25) is 0 Å². The first kappa shape index (κ1) is 11.7. The lowest BCUT2D eigenvalue weighted by molar-refractivity contribution is 0.101. The van der Waals surface area contributed by atoms with Crippen LogP contribution < -0.4 is 0 Å². The number of fused-ring (bicyclic) bond motifs is 1. The standard InChI is InChI=1S/C13H14O4/c1-7(6-14)12-4-9-3-10(8(2)15)11(16)5-13(9)17-12/h3-5,7,14,16H,6H2,1-2H3/t7-/m1/s1. The van der Waals surface area contributed by atoms with Crippen molar-refractivity contribution in [2.24, 2.45) is 0 Å². The molecule has 0 aliphatic heterocycles. The lowest BCUT2D eigenvalue weighted by atomic mass is 10.1. The van der Waals surface area contributed by atoms with Crippen molar-refractivity contribution in [1.29, 1.82) is 0 Å². The first-order valence-electron chi connectivity index (χ1n) is 5.41. The molecule has 0 aliphatic rings. The van der Waals surface area contributed by atoms with Crippen LogP contribution in [-0.4, -0.2) is 22.6 Å². The van der Waals surface area contributed by atoms with E-state index >= 15 is 0 Å². The molecule has 0 saturated carbocycles. The summed E-state index contributed by atoms with van der Waals surface area (Å²) in [6.07, 6.45) is 0. The highest BCUT2D eigenvalue weighted by Gasteiger charge is 2.14. The summed E-state index contributed by atoms with van der Waals surface area (Å²) in [5.74, 6) is 0.262. The van der Waals surface area contributed by atoms with E-state index in [0.717, 1.165) is 5.39 Å². The van der Waals surface area contributed by atoms with E-state index in [1.54, 1.807) is 12.1 Å². The quantitative estimate of drug-likeness (QED) is 0.800. The van der Waals surface area contributed by atoms with Gasteiger partial charge in [0.25, 0.3) is 0 Å². The van der Waals surface area contributed by atoms with Gasteiger partial charge in [0, 0.05) is 17.4 Å². The number of benzene rings is 1. The number of Topliss-reactive ketones (excluding diaryl/α,β-unsaturated/α-hetero) is 1. The van der Waals surface area contributed by atoms with Gasteiger partial charge in [-0.05, 0) is 19.1 Å². The molecule has 2 rings (SSSR count). The second-order valence-electron chi connectivity index (χ2n) is 4.20.